The maximum atomic E-state index is 13.6. The summed E-state index contributed by atoms with van der Waals surface area (Å²) in [6, 6.07) is 4.45. The lowest BCUT2D eigenvalue weighted by atomic mass is 10.1. The fourth-order valence-electron chi connectivity index (χ4n) is 1.91. The largest absolute Gasteiger partial charge is 0.379 e. The normalized spacial score (nSPS) is 18.6. The summed E-state index contributed by atoms with van der Waals surface area (Å²) in [5.41, 5.74) is 0.0920. The van der Waals surface area contributed by atoms with Crippen molar-refractivity contribution in [1.29, 1.82) is 5.26 Å². The Morgan fingerprint density at radius 3 is 2.65 bits per heavy atom. The van der Waals surface area contributed by atoms with Gasteiger partial charge in [0.2, 0.25) is 0 Å². The van der Waals surface area contributed by atoms with Gasteiger partial charge >= 0.3 is 0 Å². The molecule has 1 atom stereocenters. The Kier molecular flexibility index (Phi) is 3.67. The molecule has 0 saturated carbocycles. The van der Waals surface area contributed by atoms with Crippen LogP contribution >= 0.6 is 0 Å². The first kappa shape index (κ1) is 12.0. The summed E-state index contributed by atoms with van der Waals surface area (Å²) in [6.07, 6.45) is 0. The van der Waals surface area contributed by atoms with Crippen molar-refractivity contribution in [2.45, 2.75) is 6.04 Å². The zero-order valence-corrected chi connectivity index (χ0v) is 9.20. The summed E-state index contributed by atoms with van der Waals surface area (Å²) in [5.74, 6) is -1.08. The Hall–Kier alpha value is -1.51. The first-order chi connectivity index (χ1) is 8.22. The third kappa shape index (κ3) is 2.60. The Morgan fingerprint density at radius 2 is 2.00 bits per heavy atom. The zero-order valence-electron chi connectivity index (χ0n) is 9.20. The van der Waals surface area contributed by atoms with Crippen LogP contribution in [0, 0.1) is 23.0 Å². The second kappa shape index (κ2) is 5.21. The van der Waals surface area contributed by atoms with Crippen LogP contribution in [0.15, 0.2) is 18.2 Å². The number of ether oxygens (including phenoxy) is 1. The number of hydrogen-bond acceptors (Lipinski definition) is 3. The smallest absolute Gasteiger partial charge is 0.129 e. The summed E-state index contributed by atoms with van der Waals surface area (Å²) in [5, 5.41) is 9.13. The van der Waals surface area contributed by atoms with Gasteiger partial charge in [0.1, 0.15) is 17.7 Å². The average molecular weight is 238 g/mol. The van der Waals surface area contributed by atoms with Gasteiger partial charge in [0.05, 0.1) is 19.3 Å². The van der Waals surface area contributed by atoms with Gasteiger partial charge in [-0.2, -0.15) is 5.26 Å². The van der Waals surface area contributed by atoms with E-state index in [2.05, 4.69) is 0 Å². The van der Waals surface area contributed by atoms with Crippen molar-refractivity contribution in [3.8, 4) is 6.07 Å². The van der Waals surface area contributed by atoms with Gasteiger partial charge in [-0.25, -0.2) is 8.78 Å². The molecule has 0 amide bonds. The van der Waals surface area contributed by atoms with Crippen molar-refractivity contribution < 1.29 is 13.5 Å². The van der Waals surface area contributed by atoms with E-state index >= 15 is 0 Å². The molecule has 0 aromatic heterocycles. The van der Waals surface area contributed by atoms with Crippen molar-refractivity contribution >= 4 is 0 Å². The van der Waals surface area contributed by atoms with E-state index in [1.54, 1.807) is 4.90 Å². The first-order valence-electron chi connectivity index (χ1n) is 5.38. The molecule has 0 bridgehead atoms. The molecule has 1 saturated heterocycles. The predicted molar refractivity (Wildman–Crippen MR) is 57.1 cm³/mol. The van der Waals surface area contributed by atoms with Gasteiger partial charge < -0.3 is 4.74 Å². The van der Waals surface area contributed by atoms with Crippen LogP contribution in [0.5, 0.6) is 0 Å². The minimum absolute atomic E-state index is 0.0920. The van der Waals surface area contributed by atoms with Gasteiger partial charge in [-0.15, -0.1) is 0 Å². The van der Waals surface area contributed by atoms with E-state index in [0.717, 1.165) is 18.2 Å². The van der Waals surface area contributed by atoms with Crippen LogP contribution in [0.25, 0.3) is 0 Å². The van der Waals surface area contributed by atoms with Gasteiger partial charge in [-0.1, -0.05) is 0 Å². The fourth-order valence-corrected chi connectivity index (χ4v) is 1.91. The van der Waals surface area contributed by atoms with Crippen LogP contribution in [-0.4, -0.2) is 31.2 Å². The average Bonchev–Trinajstić information content (AvgIpc) is 2.36. The van der Waals surface area contributed by atoms with Crippen molar-refractivity contribution in [2.24, 2.45) is 0 Å². The molecule has 1 aliphatic rings. The molecule has 0 N–H and O–H groups in total. The molecule has 1 fully saturated rings. The molecule has 3 nitrogen and oxygen atoms in total. The summed E-state index contributed by atoms with van der Waals surface area (Å²) < 4.78 is 31.8. The fraction of sp³-hybridized carbons (Fsp3) is 0.417. The van der Waals surface area contributed by atoms with Crippen LogP contribution in [0.4, 0.5) is 8.78 Å². The number of nitriles is 1. The minimum Gasteiger partial charge on any atom is -0.379 e. The predicted octanol–water partition coefficient (Wildman–Crippen LogP) is 1.86. The Morgan fingerprint density at radius 1 is 1.29 bits per heavy atom. The third-order valence-electron chi connectivity index (χ3n) is 2.79. The van der Waals surface area contributed by atoms with E-state index in [1.807, 2.05) is 6.07 Å². The monoisotopic (exact) mass is 238 g/mol. The van der Waals surface area contributed by atoms with Gasteiger partial charge in [-0.05, 0) is 18.2 Å². The minimum atomic E-state index is -0.755. The van der Waals surface area contributed by atoms with E-state index in [-0.39, 0.29) is 5.56 Å². The maximum Gasteiger partial charge on any atom is 0.129 e. The lowest BCUT2D eigenvalue weighted by Crippen LogP contribution is -2.38. The number of benzene rings is 1. The van der Waals surface area contributed by atoms with Crippen LogP contribution < -0.4 is 0 Å². The molecule has 0 radical (unpaired) electrons. The maximum absolute atomic E-state index is 13.6. The second-order valence-corrected chi connectivity index (χ2v) is 3.85. The van der Waals surface area contributed by atoms with Crippen molar-refractivity contribution in [1.82, 2.24) is 4.90 Å². The quantitative estimate of drug-likeness (QED) is 0.789. The lowest BCUT2D eigenvalue weighted by molar-refractivity contribution is 0.0260. The lowest BCUT2D eigenvalue weighted by Gasteiger charge is -2.30. The number of halogens is 2. The second-order valence-electron chi connectivity index (χ2n) is 3.85. The molecule has 2 rings (SSSR count). The highest BCUT2D eigenvalue weighted by atomic mass is 19.1. The third-order valence-corrected chi connectivity index (χ3v) is 2.79. The van der Waals surface area contributed by atoms with Gasteiger partial charge in [-0.3, -0.25) is 4.90 Å². The highest BCUT2D eigenvalue weighted by molar-refractivity contribution is 5.27. The number of hydrogen-bond donors (Lipinski definition) is 0. The van der Waals surface area contributed by atoms with Crippen molar-refractivity contribution in [3.63, 3.8) is 0 Å². The number of rotatable bonds is 2. The SMILES string of the molecule is N#CC(c1cc(F)ccc1F)N1CCOCC1. The molecule has 1 aromatic rings. The highest BCUT2D eigenvalue weighted by Gasteiger charge is 2.25. The first-order valence-corrected chi connectivity index (χ1v) is 5.38. The zero-order chi connectivity index (χ0) is 12.3. The summed E-state index contributed by atoms with van der Waals surface area (Å²) in [7, 11) is 0. The molecule has 90 valence electrons. The van der Waals surface area contributed by atoms with E-state index in [9.17, 15) is 8.78 Å². The molecule has 1 unspecified atom stereocenters. The van der Waals surface area contributed by atoms with Crippen LogP contribution in [0.3, 0.4) is 0 Å². The van der Waals surface area contributed by atoms with E-state index in [1.165, 1.54) is 0 Å². The summed E-state index contributed by atoms with van der Waals surface area (Å²) >= 11 is 0. The molecule has 0 spiro atoms. The standard InChI is InChI=1S/C12H12F2N2O/c13-9-1-2-11(14)10(7-9)12(8-15)16-3-5-17-6-4-16/h1-2,7,12H,3-6H2. The van der Waals surface area contributed by atoms with Crippen LogP contribution in [0.1, 0.15) is 11.6 Å². The van der Waals surface area contributed by atoms with Gasteiger partial charge in [0.15, 0.2) is 0 Å². The van der Waals surface area contributed by atoms with Crippen molar-refractivity contribution in [2.75, 3.05) is 26.3 Å². The number of nitrogens with zero attached hydrogens (tertiary/aromatic N) is 2. The Bertz CT molecular complexity index is 439. The van der Waals surface area contributed by atoms with E-state index in [0.29, 0.717) is 26.3 Å². The highest BCUT2D eigenvalue weighted by Crippen LogP contribution is 2.24. The van der Waals surface area contributed by atoms with E-state index < -0.39 is 17.7 Å². The van der Waals surface area contributed by atoms with Crippen LogP contribution in [-0.2, 0) is 4.74 Å². The molecule has 17 heavy (non-hydrogen) atoms. The van der Waals surface area contributed by atoms with Crippen molar-refractivity contribution in [3.05, 3.63) is 35.4 Å². The molecule has 1 aliphatic heterocycles. The topological polar surface area (TPSA) is 36.3 Å². The Balaban J connectivity index is 2.28. The molecular weight excluding hydrogens is 226 g/mol. The molecular formula is C12H12F2N2O. The molecule has 1 aromatic carbocycles. The molecule has 5 heteroatoms. The summed E-state index contributed by atoms with van der Waals surface area (Å²) in [4.78, 5) is 1.79. The van der Waals surface area contributed by atoms with E-state index in [4.69, 9.17) is 10.00 Å². The van der Waals surface area contributed by atoms with Crippen LogP contribution in [0.2, 0.25) is 0 Å². The molecule has 1 heterocycles. The van der Waals surface area contributed by atoms with Gasteiger partial charge in [0.25, 0.3) is 0 Å². The summed E-state index contributed by atoms with van der Waals surface area (Å²) in [6.45, 7) is 2.12. The molecule has 0 aliphatic carbocycles. The van der Waals surface area contributed by atoms with Gasteiger partial charge in [0, 0.05) is 18.7 Å². The number of morpholine rings is 1. The Labute approximate surface area is 98.2 Å².